The number of ether oxygens (including phenoxy) is 1. The van der Waals surface area contributed by atoms with Gasteiger partial charge in [0.1, 0.15) is 5.75 Å². The second kappa shape index (κ2) is 6.21. The second-order valence-electron chi connectivity index (χ2n) is 5.79. The smallest absolute Gasteiger partial charge is 0.122 e. The van der Waals surface area contributed by atoms with Crippen LogP contribution in [-0.4, -0.2) is 37.7 Å². The van der Waals surface area contributed by atoms with Gasteiger partial charge in [0, 0.05) is 18.6 Å². The summed E-state index contributed by atoms with van der Waals surface area (Å²) in [4.78, 5) is 2.27. The van der Waals surface area contributed by atoms with E-state index in [4.69, 9.17) is 10.5 Å². The van der Waals surface area contributed by atoms with E-state index in [0.717, 1.165) is 25.3 Å². The van der Waals surface area contributed by atoms with E-state index in [-0.39, 0.29) is 5.54 Å². The lowest BCUT2D eigenvalue weighted by Gasteiger charge is -2.26. The number of rotatable bonds is 6. The highest BCUT2D eigenvalue weighted by atomic mass is 16.5. The maximum Gasteiger partial charge on any atom is 0.122 e. The lowest BCUT2D eigenvalue weighted by atomic mass is 10.1. The number of aryl methyl sites for hydroxylation is 1. The minimum absolute atomic E-state index is 0.147. The van der Waals surface area contributed by atoms with Crippen LogP contribution < -0.4 is 10.5 Å². The molecule has 0 heterocycles. The number of benzene rings is 1. The number of hydrogen-bond donors (Lipinski definition) is 1. The molecule has 102 valence electrons. The predicted molar refractivity (Wildman–Crippen MR) is 77.2 cm³/mol. The molecule has 3 nitrogen and oxygen atoms in total. The first-order chi connectivity index (χ1) is 8.31. The van der Waals surface area contributed by atoms with E-state index >= 15 is 0 Å². The standard InChI is InChI=1S/C15H26N2O/c1-12-6-7-14(18-5)13(10-12)8-9-17(4)11-15(2,3)16/h6-7,10H,8-9,11,16H2,1-5H3. The van der Waals surface area contributed by atoms with E-state index in [2.05, 4.69) is 44.9 Å². The minimum atomic E-state index is -0.147. The molecule has 0 amide bonds. The SMILES string of the molecule is COc1ccc(C)cc1CCN(C)CC(C)(C)N. The van der Waals surface area contributed by atoms with Crippen molar-refractivity contribution >= 4 is 0 Å². The fourth-order valence-corrected chi connectivity index (χ4v) is 2.19. The summed E-state index contributed by atoms with van der Waals surface area (Å²) in [5, 5.41) is 0. The van der Waals surface area contributed by atoms with Gasteiger partial charge < -0.3 is 15.4 Å². The molecule has 0 atom stereocenters. The van der Waals surface area contributed by atoms with Crippen LogP contribution in [0.1, 0.15) is 25.0 Å². The number of likely N-dealkylation sites (N-methyl/N-ethyl adjacent to an activating group) is 1. The van der Waals surface area contributed by atoms with Crippen LogP contribution in [0.15, 0.2) is 18.2 Å². The van der Waals surface area contributed by atoms with E-state index in [1.807, 2.05) is 6.07 Å². The molecule has 0 spiro atoms. The van der Waals surface area contributed by atoms with Crippen molar-refractivity contribution in [1.29, 1.82) is 0 Å². The maximum absolute atomic E-state index is 6.02. The number of nitrogens with zero attached hydrogens (tertiary/aromatic N) is 1. The highest BCUT2D eigenvalue weighted by molar-refractivity contribution is 5.37. The van der Waals surface area contributed by atoms with Crippen LogP contribution in [0.2, 0.25) is 0 Å². The molecule has 0 aliphatic heterocycles. The first-order valence-electron chi connectivity index (χ1n) is 6.43. The molecular formula is C15H26N2O. The van der Waals surface area contributed by atoms with E-state index in [1.165, 1.54) is 11.1 Å². The molecule has 1 aromatic carbocycles. The molecular weight excluding hydrogens is 224 g/mol. The summed E-state index contributed by atoms with van der Waals surface area (Å²) in [7, 11) is 3.83. The van der Waals surface area contributed by atoms with Crippen molar-refractivity contribution in [1.82, 2.24) is 4.90 Å². The number of hydrogen-bond acceptors (Lipinski definition) is 3. The zero-order chi connectivity index (χ0) is 13.8. The van der Waals surface area contributed by atoms with E-state index in [0.29, 0.717) is 0 Å². The minimum Gasteiger partial charge on any atom is -0.496 e. The number of methoxy groups -OCH3 is 1. The van der Waals surface area contributed by atoms with Crippen molar-refractivity contribution < 1.29 is 4.74 Å². The van der Waals surface area contributed by atoms with Crippen molar-refractivity contribution in [2.45, 2.75) is 32.7 Å². The molecule has 0 saturated heterocycles. The topological polar surface area (TPSA) is 38.5 Å². The Morgan fingerprint density at radius 3 is 2.56 bits per heavy atom. The van der Waals surface area contributed by atoms with Crippen molar-refractivity contribution in [2.75, 3.05) is 27.2 Å². The van der Waals surface area contributed by atoms with Crippen molar-refractivity contribution in [2.24, 2.45) is 5.73 Å². The van der Waals surface area contributed by atoms with Gasteiger partial charge in [-0.3, -0.25) is 0 Å². The first kappa shape index (κ1) is 15.0. The molecule has 18 heavy (non-hydrogen) atoms. The first-order valence-corrected chi connectivity index (χ1v) is 6.43. The van der Waals surface area contributed by atoms with Crippen LogP contribution in [-0.2, 0) is 6.42 Å². The fraction of sp³-hybridized carbons (Fsp3) is 0.600. The third kappa shape index (κ3) is 5.07. The van der Waals surface area contributed by atoms with Crippen LogP contribution >= 0.6 is 0 Å². The summed E-state index contributed by atoms with van der Waals surface area (Å²) in [6.07, 6.45) is 0.984. The maximum atomic E-state index is 6.02. The molecule has 0 saturated carbocycles. The summed E-state index contributed by atoms with van der Waals surface area (Å²) in [6, 6.07) is 6.31. The highest BCUT2D eigenvalue weighted by Gasteiger charge is 2.14. The van der Waals surface area contributed by atoms with Crippen LogP contribution in [0.5, 0.6) is 5.75 Å². The van der Waals surface area contributed by atoms with Gasteiger partial charge in [-0.15, -0.1) is 0 Å². The highest BCUT2D eigenvalue weighted by Crippen LogP contribution is 2.20. The Morgan fingerprint density at radius 2 is 2.00 bits per heavy atom. The molecule has 2 N–H and O–H groups in total. The summed E-state index contributed by atoms with van der Waals surface area (Å²) in [6.45, 7) is 8.09. The monoisotopic (exact) mass is 250 g/mol. The quantitative estimate of drug-likeness (QED) is 0.841. The largest absolute Gasteiger partial charge is 0.496 e. The molecule has 0 aliphatic rings. The lowest BCUT2D eigenvalue weighted by molar-refractivity contribution is 0.272. The van der Waals surface area contributed by atoms with Gasteiger partial charge in [0.05, 0.1) is 7.11 Å². The molecule has 0 radical (unpaired) electrons. The van der Waals surface area contributed by atoms with Gasteiger partial charge in [0.25, 0.3) is 0 Å². The molecule has 0 aromatic heterocycles. The van der Waals surface area contributed by atoms with Crippen molar-refractivity contribution in [3.05, 3.63) is 29.3 Å². The molecule has 1 aromatic rings. The lowest BCUT2D eigenvalue weighted by Crippen LogP contribution is -2.44. The molecule has 0 aliphatic carbocycles. The van der Waals surface area contributed by atoms with Gasteiger partial charge in [0.15, 0.2) is 0 Å². The van der Waals surface area contributed by atoms with Gasteiger partial charge >= 0.3 is 0 Å². The average molecular weight is 250 g/mol. The zero-order valence-electron chi connectivity index (χ0n) is 12.3. The van der Waals surface area contributed by atoms with Crippen LogP contribution in [0.4, 0.5) is 0 Å². The predicted octanol–water partition coefficient (Wildman–Crippen LogP) is 2.22. The van der Waals surface area contributed by atoms with E-state index in [9.17, 15) is 0 Å². The van der Waals surface area contributed by atoms with Gasteiger partial charge in [-0.25, -0.2) is 0 Å². The third-order valence-electron chi connectivity index (χ3n) is 2.88. The fourth-order valence-electron chi connectivity index (χ4n) is 2.19. The Labute approximate surface area is 111 Å². The zero-order valence-corrected chi connectivity index (χ0v) is 12.3. The van der Waals surface area contributed by atoms with Gasteiger partial charge in [-0.1, -0.05) is 17.7 Å². The van der Waals surface area contributed by atoms with E-state index in [1.54, 1.807) is 7.11 Å². The van der Waals surface area contributed by atoms with Crippen LogP contribution in [0.3, 0.4) is 0 Å². The van der Waals surface area contributed by atoms with Gasteiger partial charge in [-0.2, -0.15) is 0 Å². The normalized spacial score (nSPS) is 11.9. The van der Waals surface area contributed by atoms with Gasteiger partial charge in [-0.05, 0) is 45.9 Å². The second-order valence-corrected chi connectivity index (χ2v) is 5.79. The average Bonchev–Trinajstić information content (AvgIpc) is 2.24. The van der Waals surface area contributed by atoms with Gasteiger partial charge in [0.2, 0.25) is 0 Å². The van der Waals surface area contributed by atoms with Crippen molar-refractivity contribution in [3.63, 3.8) is 0 Å². The Balaban J connectivity index is 2.60. The van der Waals surface area contributed by atoms with E-state index < -0.39 is 0 Å². The summed E-state index contributed by atoms with van der Waals surface area (Å²) < 4.78 is 5.39. The molecule has 0 bridgehead atoms. The third-order valence-corrected chi connectivity index (χ3v) is 2.88. The Morgan fingerprint density at radius 1 is 1.33 bits per heavy atom. The molecule has 0 fully saturated rings. The van der Waals surface area contributed by atoms with Crippen LogP contribution in [0, 0.1) is 6.92 Å². The number of nitrogens with two attached hydrogens (primary N) is 1. The molecule has 0 unspecified atom stereocenters. The van der Waals surface area contributed by atoms with Crippen LogP contribution in [0.25, 0.3) is 0 Å². The Bertz CT molecular complexity index is 383. The Kier molecular flexibility index (Phi) is 5.17. The summed E-state index contributed by atoms with van der Waals surface area (Å²) >= 11 is 0. The molecule has 1 rings (SSSR count). The van der Waals surface area contributed by atoms with Crippen molar-refractivity contribution in [3.8, 4) is 5.75 Å². The molecule has 3 heteroatoms. The summed E-state index contributed by atoms with van der Waals surface area (Å²) in [5.41, 5.74) is 8.41. The summed E-state index contributed by atoms with van der Waals surface area (Å²) in [5.74, 6) is 0.973. The Hall–Kier alpha value is -1.06.